The minimum atomic E-state index is -3.80. The number of aryl methyl sites for hydroxylation is 2. The first-order valence-corrected chi connectivity index (χ1v) is 15.6. The van der Waals surface area contributed by atoms with Gasteiger partial charge in [-0.2, -0.15) is 4.31 Å². The second-order valence-corrected chi connectivity index (χ2v) is 13.6. The molecule has 0 saturated carbocycles. The second-order valence-electron chi connectivity index (χ2n) is 11.6. The summed E-state index contributed by atoms with van der Waals surface area (Å²) in [5.41, 5.74) is 4.31. The van der Waals surface area contributed by atoms with Crippen molar-refractivity contribution in [2.75, 3.05) is 45.2 Å². The number of carbonyl (C=O) groups is 1. The van der Waals surface area contributed by atoms with Crippen molar-refractivity contribution in [2.45, 2.75) is 38.1 Å². The summed E-state index contributed by atoms with van der Waals surface area (Å²) in [6.45, 7) is 6.88. The van der Waals surface area contributed by atoms with Crippen LogP contribution in [0, 0.1) is 19.3 Å². The average Bonchev–Trinajstić information content (AvgIpc) is 3.71. The molecular formula is C31H36N6O4S. The molecule has 2 aromatic heterocycles. The first-order chi connectivity index (χ1) is 20.1. The number of sulfonamides is 1. The van der Waals surface area contributed by atoms with Crippen LogP contribution in [0.15, 0.2) is 59.8 Å². The number of aromatic nitrogens is 3. The van der Waals surface area contributed by atoms with Crippen LogP contribution in [0.2, 0.25) is 0 Å². The van der Waals surface area contributed by atoms with Gasteiger partial charge in [-0.15, -0.1) is 0 Å². The third-order valence-electron chi connectivity index (χ3n) is 8.70. The Kier molecular flexibility index (Phi) is 7.18. The van der Waals surface area contributed by atoms with Gasteiger partial charge in [0.05, 0.1) is 35.1 Å². The van der Waals surface area contributed by atoms with Crippen LogP contribution in [0.25, 0.3) is 11.0 Å². The van der Waals surface area contributed by atoms with Crippen molar-refractivity contribution in [1.82, 2.24) is 24.2 Å². The summed E-state index contributed by atoms with van der Waals surface area (Å²) < 4.78 is 33.7. The van der Waals surface area contributed by atoms with E-state index in [1.807, 2.05) is 47.6 Å². The lowest BCUT2D eigenvalue weighted by Crippen LogP contribution is -2.34. The zero-order valence-corrected chi connectivity index (χ0v) is 25.2. The van der Waals surface area contributed by atoms with Crippen molar-refractivity contribution in [3.63, 3.8) is 0 Å². The molecule has 2 aliphatic heterocycles. The minimum Gasteiger partial charge on any atom is -0.497 e. The molecule has 4 heterocycles. The fraction of sp³-hybridized carbons (Fsp3) is 0.387. The van der Waals surface area contributed by atoms with Gasteiger partial charge in [-0.1, -0.05) is 6.07 Å². The predicted molar refractivity (Wildman–Crippen MR) is 161 cm³/mol. The van der Waals surface area contributed by atoms with Gasteiger partial charge in [0.25, 0.3) is 5.91 Å². The Hall–Kier alpha value is -3.96. The summed E-state index contributed by atoms with van der Waals surface area (Å²) in [5, 5.41) is 0. The highest BCUT2D eigenvalue weighted by atomic mass is 32.2. The third-order valence-corrected chi connectivity index (χ3v) is 10.8. The monoisotopic (exact) mass is 588 g/mol. The number of hydrogen-bond donors (Lipinski definition) is 1. The van der Waals surface area contributed by atoms with E-state index < -0.39 is 10.0 Å². The summed E-state index contributed by atoms with van der Waals surface area (Å²) in [6.07, 6.45) is 5.65. The number of nitrogens with one attached hydrogen (secondary N) is 1. The van der Waals surface area contributed by atoms with Crippen LogP contribution < -0.4 is 9.64 Å². The lowest BCUT2D eigenvalue weighted by Gasteiger charge is -2.25. The highest BCUT2D eigenvalue weighted by Crippen LogP contribution is 2.41. The summed E-state index contributed by atoms with van der Waals surface area (Å²) in [5.74, 6) is 1.06. The Morgan fingerprint density at radius 1 is 1.07 bits per heavy atom. The van der Waals surface area contributed by atoms with Gasteiger partial charge in [-0.25, -0.2) is 13.4 Å². The van der Waals surface area contributed by atoms with Crippen LogP contribution >= 0.6 is 0 Å². The number of benzene rings is 2. The molecule has 2 fully saturated rings. The SMILES string of the molecule is COc1cc(C)c(S(=O)(=O)N(C)Cc2nc3cccc(C(=O)N4CCC5(CCN(c6ccncc6)C5)C4)c3[nH]2)c(C)c1. The van der Waals surface area contributed by atoms with Gasteiger partial charge >= 0.3 is 0 Å². The topological polar surface area (TPSA) is 112 Å². The molecule has 0 aliphatic carbocycles. The van der Waals surface area contributed by atoms with Crippen LogP contribution in [0.1, 0.15) is 40.2 Å². The van der Waals surface area contributed by atoms with Crippen molar-refractivity contribution in [2.24, 2.45) is 5.41 Å². The molecule has 2 aliphatic rings. The van der Waals surface area contributed by atoms with Crippen LogP contribution in [-0.4, -0.2) is 78.8 Å². The molecule has 1 amide bonds. The number of para-hydroxylation sites is 1. The molecule has 10 nitrogen and oxygen atoms in total. The van der Waals surface area contributed by atoms with E-state index in [1.165, 1.54) is 17.0 Å². The highest BCUT2D eigenvalue weighted by molar-refractivity contribution is 7.89. The van der Waals surface area contributed by atoms with Crippen molar-refractivity contribution >= 4 is 32.7 Å². The third kappa shape index (κ3) is 5.00. The molecular weight excluding hydrogens is 552 g/mol. The molecule has 1 N–H and O–H groups in total. The maximum Gasteiger partial charge on any atom is 0.256 e. The number of anilines is 1. The summed E-state index contributed by atoms with van der Waals surface area (Å²) in [7, 11) is -0.704. The number of methoxy groups -OCH3 is 1. The number of aromatic amines is 1. The van der Waals surface area contributed by atoms with E-state index in [4.69, 9.17) is 4.74 Å². The number of pyridine rings is 1. The Balaban J connectivity index is 1.20. The summed E-state index contributed by atoms with van der Waals surface area (Å²) >= 11 is 0. The first kappa shape index (κ1) is 28.2. The number of carbonyl (C=O) groups excluding carboxylic acids is 1. The molecule has 2 aromatic carbocycles. The van der Waals surface area contributed by atoms with E-state index >= 15 is 0 Å². The van der Waals surface area contributed by atoms with Gasteiger partial charge < -0.3 is 19.5 Å². The van der Waals surface area contributed by atoms with E-state index in [-0.39, 0.29) is 22.8 Å². The molecule has 1 unspecified atom stereocenters. The van der Waals surface area contributed by atoms with Crippen LogP contribution in [0.3, 0.4) is 0 Å². The Labute approximate surface area is 246 Å². The molecule has 6 rings (SSSR count). The molecule has 1 spiro atoms. The number of rotatable bonds is 7. The lowest BCUT2D eigenvalue weighted by atomic mass is 9.86. The molecule has 220 valence electrons. The average molecular weight is 589 g/mol. The fourth-order valence-corrected chi connectivity index (χ4v) is 8.08. The standard InChI is InChI=1S/C31H36N6O4S/c1-21-16-24(41-4)17-22(2)29(21)42(39,40)35(3)18-27-33-26-7-5-6-25(28(26)34-27)30(38)37-15-11-31(20-37)10-14-36(19-31)23-8-12-32-13-9-23/h5-9,12-13,16-17H,10-11,14-15,18-20H2,1-4H3,(H,33,34). The number of ether oxygens (including phenoxy) is 1. The Morgan fingerprint density at radius 2 is 1.79 bits per heavy atom. The quantitative estimate of drug-likeness (QED) is 0.345. The van der Waals surface area contributed by atoms with Gasteiger partial charge in [0.2, 0.25) is 10.0 Å². The number of amides is 1. The molecule has 0 bridgehead atoms. The van der Waals surface area contributed by atoms with Gasteiger partial charge in [0.1, 0.15) is 11.6 Å². The molecule has 0 radical (unpaired) electrons. The normalized spacial score (nSPS) is 19.0. The number of imidazole rings is 1. The molecule has 2 saturated heterocycles. The highest BCUT2D eigenvalue weighted by Gasteiger charge is 2.45. The second kappa shape index (κ2) is 10.7. The van der Waals surface area contributed by atoms with Gasteiger partial charge in [-0.05, 0) is 74.2 Å². The van der Waals surface area contributed by atoms with Crippen LogP contribution in [-0.2, 0) is 16.6 Å². The smallest absolute Gasteiger partial charge is 0.256 e. The lowest BCUT2D eigenvalue weighted by molar-refractivity contribution is 0.0777. The van der Waals surface area contributed by atoms with Crippen molar-refractivity contribution in [3.8, 4) is 5.75 Å². The molecule has 42 heavy (non-hydrogen) atoms. The fourth-order valence-electron chi connectivity index (χ4n) is 6.54. The minimum absolute atomic E-state index is 0.0273. The number of likely N-dealkylation sites (tertiary alicyclic amines) is 1. The number of fused-ring (bicyclic) bond motifs is 1. The number of H-pyrrole nitrogens is 1. The van der Waals surface area contributed by atoms with E-state index in [1.54, 1.807) is 33.1 Å². The molecule has 4 aromatic rings. The van der Waals surface area contributed by atoms with E-state index in [9.17, 15) is 13.2 Å². The van der Waals surface area contributed by atoms with Gasteiger partial charge in [0.15, 0.2) is 0 Å². The Bertz CT molecular complexity index is 1730. The van der Waals surface area contributed by atoms with Gasteiger partial charge in [-0.3, -0.25) is 9.78 Å². The van der Waals surface area contributed by atoms with Crippen LogP contribution in [0.4, 0.5) is 5.69 Å². The first-order valence-electron chi connectivity index (χ1n) is 14.1. The number of nitrogens with zero attached hydrogens (tertiary/aromatic N) is 5. The van der Waals surface area contributed by atoms with Crippen molar-refractivity contribution < 1.29 is 17.9 Å². The maximum atomic E-state index is 13.8. The van der Waals surface area contributed by atoms with Gasteiger partial charge in [0, 0.05) is 56.7 Å². The summed E-state index contributed by atoms with van der Waals surface area (Å²) in [4.78, 5) is 30.4. The van der Waals surface area contributed by atoms with Crippen molar-refractivity contribution in [1.29, 1.82) is 0 Å². The number of hydrogen-bond acceptors (Lipinski definition) is 7. The predicted octanol–water partition coefficient (Wildman–Crippen LogP) is 4.15. The Morgan fingerprint density at radius 3 is 2.50 bits per heavy atom. The maximum absolute atomic E-state index is 13.8. The van der Waals surface area contributed by atoms with Crippen molar-refractivity contribution in [3.05, 3.63) is 77.4 Å². The van der Waals surface area contributed by atoms with E-state index in [0.29, 0.717) is 52.4 Å². The molecule has 11 heteroatoms. The summed E-state index contributed by atoms with van der Waals surface area (Å²) in [6, 6.07) is 13.0. The zero-order chi connectivity index (χ0) is 29.6. The molecule has 1 atom stereocenters. The largest absolute Gasteiger partial charge is 0.497 e. The van der Waals surface area contributed by atoms with Crippen LogP contribution in [0.5, 0.6) is 5.75 Å². The van der Waals surface area contributed by atoms with E-state index in [0.717, 1.165) is 25.9 Å². The zero-order valence-electron chi connectivity index (χ0n) is 24.4. The van der Waals surface area contributed by atoms with E-state index in [2.05, 4.69) is 19.9 Å².